The molecule has 0 spiro atoms. The van der Waals surface area contributed by atoms with Gasteiger partial charge >= 0.3 is 0 Å². The molecule has 3 rings (SSSR count). The van der Waals surface area contributed by atoms with E-state index in [9.17, 15) is 0 Å². The Labute approximate surface area is 128 Å². The summed E-state index contributed by atoms with van der Waals surface area (Å²) < 4.78 is 0. The number of thiophene rings is 1. The fraction of sp³-hybridized carbons (Fsp3) is 0.312. The predicted molar refractivity (Wildman–Crippen MR) is 89.6 cm³/mol. The summed E-state index contributed by atoms with van der Waals surface area (Å²) in [5.74, 6) is 1.06. The van der Waals surface area contributed by atoms with E-state index in [4.69, 9.17) is 4.99 Å². The molecule has 2 heterocycles. The second kappa shape index (κ2) is 6.46. The Hall–Kier alpha value is -1.26. The first kappa shape index (κ1) is 13.7. The van der Waals surface area contributed by atoms with Gasteiger partial charge in [-0.15, -0.1) is 11.3 Å². The Morgan fingerprint density at radius 2 is 2.10 bits per heavy atom. The third-order valence-corrected chi connectivity index (χ3v) is 5.44. The maximum atomic E-state index is 4.73. The zero-order valence-electron chi connectivity index (χ0n) is 11.5. The first-order chi connectivity index (χ1) is 9.86. The first-order valence-corrected chi connectivity index (χ1v) is 8.77. The van der Waals surface area contributed by atoms with Gasteiger partial charge in [0.25, 0.3) is 0 Å². The Balaban J connectivity index is 1.64. The number of amidine groups is 1. The van der Waals surface area contributed by atoms with Crippen molar-refractivity contribution in [3.63, 3.8) is 0 Å². The van der Waals surface area contributed by atoms with E-state index in [2.05, 4.69) is 54.0 Å². The molecule has 1 aliphatic heterocycles. The lowest BCUT2D eigenvalue weighted by Gasteiger charge is -2.09. The molecule has 1 aliphatic rings. The van der Waals surface area contributed by atoms with Gasteiger partial charge in [-0.05, 0) is 29.0 Å². The molecule has 1 unspecified atom stereocenters. The van der Waals surface area contributed by atoms with Crippen molar-refractivity contribution in [3.05, 3.63) is 57.8 Å². The van der Waals surface area contributed by atoms with Crippen LogP contribution in [0.3, 0.4) is 0 Å². The van der Waals surface area contributed by atoms with Gasteiger partial charge in [-0.2, -0.15) is 0 Å². The van der Waals surface area contributed by atoms with Crippen LogP contribution in [-0.2, 0) is 13.0 Å². The molecule has 1 atom stereocenters. The van der Waals surface area contributed by atoms with Crippen molar-refractivity contribution >= 4 is 28.3 Å². The van der Waals surface area contributed by atoms with Crippen molar-refractivity contribution in [1.29, 1.82) is 0 Å². The Kier molecular flexibility index (Phi) is 4.43. The average Bonchev–Trinajstić information content (AvgIpc) is 3.15. The number of aryl methyl sites for hydroxylation is 1. The minimum Gasteiger partial charge on any atom is -0.357 e. The molecule has 104 valence electrons. The number of thioether (sulfide) groups is 1. The molecule has 0 radical (unpaired) electrons. The largest absolute Gasteiger partial charge is 0.357 e. The van der Waals surface area contributed by atoms with E-state index in [1.807, 2.05) is 23.1 Å². The van der Waals surface area contributed by atoms with E-state index in [0.717, 1.165) is 23.9 Å². The molecule has 2 aromatic rings. The topological polar surface area (TPSA) is 24.4 Å². The van der Waals surface area contributed by atoms with Crippen LogP contribution < -0.4 is 5.32 Å². The summed E-state index contributed by atoms with van der Waals surface area (Å²) in [4.78, 5) is 6.12. The number of hydrogen-bond donors (Lipinski definition) is 1. The first-order valence-electron chi connectivity index (χ1n) is 6.90. The predicted octanol–water partition coefficient (Wildman–Crippen LogP) is 4.24. The molecule has 0 amide bonds. The molecule has 2 nitrogen and oxygen atoms in total. The van der Waals surface area contributed by atoms with Gasteiger partial charge in [0.2, 0.25) is 0 Å². The third-order valence-electron chi connectivity index (χ3n) is 3.47. The highest BCUT2D eigenvalue weighted by molar-refractivity contribution is 8.14. The highest BCUT2D eigenvalue weighted by atomic mass is 32.2. The fourth-order valence-corrected chi connectivity index (χ4v) is 4.20. The van der Waals surface area contributed by atoms with Crippen LogP contribution in [0, 0.1) is 0 Å². The lowest BCUT2D eigenvalue weighted by molar-refractivity contribution is 0.748. The zero-order valence-corrected chi connectivity index (χ0v) is 13.1. The Bertz CT molecular complexity index is 590. The second-order valence-electron chi connectivity index (χ2n) is 4.76. The standard InChI is InChI=1S/C16H18N2S2/c1-2-12-8-9-19-15(12)10-17-16-18-14(11-20-16)13-6-4-3-5-7-13/h3-9,14H,2,10-11H2,1H3,(H,17,18). The molecular weight excluding hydrogens is 284 g/mol. The lowest BCUT2D eigenvalue weighted by Crippen LogP contribution is -2.19. The van der Waals surface area contributed by atoms with Gasteiger partial charge in [-0.1, -0.05) is 49.0 Å². The number of nitrogens with one attached hydrogen (secondary N) is 1. The van der Waals surface area contributed by atoms with Gasteiger partial charge in [0.1, 0.15) is 0 Å². The normalized spacial score (nSPS) is 20.2. The van der Waals surface area contributed by atoms with Crippen molar-refractivity contribution < 1.29 is 0 Å². The molecule has 0 saturated carbocycles. The molecule has 1 fully saturated rings. The Morgan fingerprint density at radius 1 is 1.25 bits per heavy atom. The van der Waals surface area contributed by atoms with Crippen molar-refractivity contribution in [2.45, 2.75) is 25.9 Å². The zero-order chi connectivity index (χ0) is 13.8. The van der Waals surface area contributed by atoms with E-state index in [1.165, 1.54) is 16.0 Å². The van der Waals surface area contributed by atoms with Crippen molar-refractivity contribution in [2.75, 3.05) is 5.75 Å². The van der Waals surface area contributed by atoms with E-state index >= 15 is 0 Å². The quantitative estimate of drug-likeness (QED) is 0.913. The summed E-state index contributed by atoms with van der Waals surface area (Å²) in [5.41, 5.74) is 2.78. The van der Waals surface area contributed by atoms with Gasteiger partial charge in [0.05, 0.1) is 12.6 Å². The second-order valence-corrected chi connectivity index (χ2v) is 6.77. The van der Waals surface area contributed by atoms with Crippen LogP contribution in [-0.4, -0.2) is 10.9 Å². The molecule has 0 aliphatic carbocycles. The average molecular weight is 302 g/mol. The number of benzene rings is 1. The van der Waals surface area contributed by atoms with Crippen molar-refractivity contribution in [3.8, 4) is 0 Å². The van der Waals surface area contributed by atoms with Crippen LogP contribution >= 0.6 is 23.1 Å². The van der Waals surface area contributed by atoms with Crippen LogP contribution in [0.1, 0.15) is 29.0 Å². The number of rotatable bonds is 4. The van der Waals surface area contributed by atoms with E-state index in [1.54, 1.807) is 0 Å². The maximum absolute atomic E-state index is 4.73. The molecular formula is C16H18N2S2. The number of hydrogen-bond acceptors (Lipinski definition) is 3. The van der Waals surface area contributed by atoms with Crippen molar-refractivity contribution in [2.24, 2.45) is 4.99 Å². The molecule has 1 aromatic heterocycles. The fourth-order valence-electron chi connectivity index (χ4n) is 2.32. The lowest BCUT2D eigenvalue weighted by atomic mass is 10.1. The van der Waals surface area contributed by atoms with Gasteiger partial charge in [-0.25, -0.2) is 0 Å². The number of aliphatic imine (C=N–C) groups is 1. The third kappa shape index (κ3) is 3.07. The van der Waals surface area contributed by atoms with Crippen LogP contribution in [0.15, 0.2) is 46.8 Å². The summed E-state index contributed by atoms with van der Waals surface area (Å²) in [5, 5.41) is 6.77. The van der Waals surface area contributed by atoms with Gasteiger partial charge < -0.3 is 5.32 Å². The van der Waals surface area contributed by atoms with E-state index in [0.29, 0.717) is 6.04 Å². The molecule has 0 bridgehead atoms. The maximum Gasteiger partial charge on any atom is 0.157 e. The Morgan fingerprint density at radius 3 is 2.90 bits per heavy atom. The molecule has 1 saturated heterocycles. The van der Waals surface area contributed by atoms with Crippen LogP contribution in [0.25, 0.3) is 0 Å². The van der Waals surface area contributed by atoms with E-state index < -0.39 is 0 Å². The summed E-state index contributed by atoms with van der Waals surface area (Å²) in [6, 6.07) is 13.2. The monoisotopic (exact) mass is 302 g/mol. The SMILES string of the molecule is CCc1ccsc1CN=C1NC(c2ccccc2)CS1. The van der Waals surface area contributed by atoms with Gasteiger partial charge in [0.15, 0.2) is 5.17 Å². The molecule has 1 N–H and O–H groups in total. The van der Waals surface area contributed by atoms with Crippen molar-refractivity contribution in [1.82, 2.24) is 5.32 Å². The minimum absolute atomic E-state index is 0.397. The molecule has 1 aromatic carbocycles. The van der Waals surface area contributed by atoms with Gasteiger partial charge in [0, 0.05) is 10.6 Å². The highest BCUT2D eigenvalue weighted by Crippen LogP contribution is 2.26. The summed E-state index contributed by atoms with van der Waals surface area (Å²) in [6.07, 6.45) is 1.09. The molecule has 20 heavy (non-hydrogen) atoms. The summed E-state index contributed by atoms with van der Waals surface area (Å²) >= 11 is 3.63. The van der Waals surface area contributed by atoms with E-state index in [-0.39, 0.29) is 0 Å². The molecule has 4 heteroatoms. The summed E-state index contributed by atoms with van der Waals surface area (Å²) in [7, 11) is 0. The highest BCUT2D eigenvalue weighted by Gasteiger charge is 2.21. The smallest absolute Gasteiger partial charge is 0.157 e. The van der Waals surface area contributed by atoms with Crippen LogP contribution in [0.4, 0.5) is 0 Å². The van der Waals surface area contributed by atoms with Crippen LogP contribution in [0.2, 0.25) is 0 Å². The van der Waals surface area contributed by atoms with Crippen LogP contribution in [0.5, 0.6) is 0 Å². The van der Waals surface area contributed by atoms with Gasteiger partial charge in [-0.3, -0.25) is 4.99 Å². The minimum atomic E-state index is 0.397. The summed E-state index contributed by atoms with van der Waals surface area (Å²) in [6.45, 7) is 3.00. The number of nitrogens with zero attached hydrogens (tertiary/aromatic N) is 1.